The lowest BCUT2D eigenvalue weighted by molar-refractivity contribution is 0.128. The smallest absolute Gasteiger partial charge is 0.277 e. The summed E-state index contributed by atoms with van der Waals surface area (Å²) in [4.78, 5) is 0. The van der Waals surface area contributed by atoms with Gasteiger partial charge >= 0.3 is 0 Å². The minimum absolute atomic E-state index is 0.200. The molecule has 0 amide bonds. The summed E-state index contributed by atoms with van der Waals surface area (Å²) in [6.07, 6.45) is 0.917. The Bertz CT molecular complexity index is 395. The molecule has 0 saturated carbocycles. The fourth-order valence-electron chi connectivity index (χ4n) is 1.90. The number of halogens is 1. The normalized spacial score (nSPS) is 17.0. The van der Waals surface area contributed by atoms with Crippen LogP contribution >= 0.6 is 0 Å². The van der Waals surface area contributed by atoms with E-state index in [2.05, 4.69) is 6.92 Å². The van der Waals surface area contributed by atoms with Gasteiger partial charge in [-0.2, -0.15) is 4.39 Å². The van der Waals surface area contributed by atoms with Crippen LogP contribution in [0.3, 0.4) is 0 Å². The second-order valence-corrected chi connectivity index (χ2v) is 3.94. The van der Waals surface area contributed by atoms with Crippen LogP contribution in [0.5, 0.6) is 0 Å². The number of fused-ring (bicyclic) bond motifs is 1. The lowest BCUT2D eigenvalue weighted by Gasteiger charge is -2.23. The second kappa shape index (κ2) is 4.05. The van der Waals surface area contributed by atoms with E-state index in [4.69, 9.17) is 4.74 Å². The molecular formula is C13H15FO. The zero-order chi connectivity index (χ0) is 10.8. The van der Waals surface area contributed by atoms with Crippen LogP contribution in [0.1, 0.15) is 31.4 Å². The Balaban J connectivity index is 2.50. The molecular weight excluding hydrogens is 191 g/mol. The Kier molecular flexibility index (Phi) is 2.76. The van der Waals surface area contributed by atoms with Crippen molar-refractivity contribution < 1.29 is 9.13 Å². The van der Waals surface area contributed by atoms with E-state index in [0.29, 0.717) is 6.61 Å². The first-order valence-corrected chi connectivity index (χ1v) is 5.34. The molecule has 80 valence electrons. The molecule has 0 N–H and O–H groups in total. The largest absolute Gasteiger partial charge is 0.466 e. The highest BCUT2D eigenvalue weighted by Crippen LogP contribution is 2.36. The van der Waals surface area contributed by atoms with Gasteiger partial charge in [-0.25, -0.2) is 0 Å². The van der Waals surface area contributed by atoms with Gasteiger partial charge in [-0.05, 0) is 23.5 Å². The predicted molar refractivity (Wildman–Crippen MR) is 58.7 cm³/mol. The van der Waals surface area contributed by atoms with Crippen molar-refractivity contribution in [2.24, 2.45) is 5.92 Å². The summed E-state index contributed by atoms with van der Waals surface area (Å²) in [5.41, 5.74) is 2.81. The number of allylic oxidation sites excluding steroid dienone is 1. The average molecular weight is 206 g/mol. The lowest BCUT2D eigenvalue weighted by Crippen LogP contribution is -2.10. The molecule has 0 spiro atoms. The summed E-state index contributed by atoms with van der Waals surface area (Å²) in [6, 6.07) is 7.46. The van der Waals surface area contributed by atoms with Crippen LogP contribution < -0.4 is 0 Å². The summed E-state index contributed by atoms with van der Waals surface area (Å²) >= 11 is 0. The maximum Gasteiger partial charge on any atom is 0.277 e. The van der Waals surface area contributed by atoms with Crippen LogP contribution in [-0.2, 0) is 11.3 Å². The number of benzene rings is 1. The summed E-state index contributed by atoms with van der Waals surface area (Å²) in [5.74, 6) is 0.200. The van der Waals surface area contributed by atoms with E-state index in [-0.39, 0.29) is 5.92 Å². The zero-order valence-corrected chi connectivity index (χ0v) is 9.09. The molecule has 1 atom stereocenters. The molecule has 1 aliphatic rings. The van der Waals surface area contributed by atoms with Crippen molar-refractivity contribution >= 4 is 5.57 Å². The molecule has 0 fully saturated rings. The van der Waals surface area contributed by atoms with E-state index in [9.17, 15) is 4.39 Å². The van der Waals surface area contributed by atoms with Gasteiger partial charge in [0.1, 0.15) is 6.61 Å². The minimum atomic E-state index is -0.400. The molecule has 1 heterocycles. The van der Waals surface area contributed by atoms with E-state index in [0.717, 1.165) is 23.1 Å². The first kappa shape index (κ1) is 10.2. The Morgan fingerprint density at radius 3 is 2.87 bits per heavy atom. The Hall–Kier alpha value is -1.31. The fourth-order valence-corrected chi connectivity index (χ4v) is 1.90. The molecule has 0 saturated heterocycles. The van der Waals surface area contributed by atoms with E-state index in [1.54, 1.807) is 0 Å². The average Bonchev–Trinajstić information content (AvgIpc) is 2.28. The van der Waals surface area contributed by atoms with E-state index >= 15 is 0 Å². The second-order valence-electron chi connectivity index (χ2n) is 3.94. The van der Waals surface area contributed by atoms with Crippen molar-refractivity contribution in [3.05, 3.63) is 41.4 Å². The fraction of sp³-hybridized carbons (Fsp3) is 0.385. The Morgan fingerprint density at radius 2 is 2.13 bits per heavy atom. The van der Waals surface area contributed by atoms with Crippen LogP contribution in [0.15, 0.2) is 30.3 Å². The Labute approximate surface area is 89.6 Å². The molecule has 15 heavy (non-hydrogen) atoms. The Morgan fingerprint density at radius 1 is 1.40 bits per heavy atom. The third-order valence-corrected chi connectivity index (χ3v) is 2.98. The van der Waals surface area contributed by atoms with Crippen molar-refractivity contribution in [1.29, 1.82) is 0 Å². The molecule has 2 rings (SSSR count). The van der Waals surface area contributed by atoms with Gasteiger partial charge in [-0.1, -0.05) is 38.1 Å². The van der Waals surface area contributed by atoms with E-state index < -0.39 is 6.01 Å². The quantitative estimate of drug-likeness (QED) is 0.713. The van der Waals surface area contributed by atoms with Gasteiger partial charge in [0.05, 0.1) is 0 Å². The number of rotatable bonds is 2. The molecule has 2 heteroatoms. The SMILES string of the molecule is CCC(C)C1=C(F)OCc2ccccc21. The van der Waals surface area contributed by atoms with Gasteiger partial charge in [0.2, 0.25) is 0 Å². The zero-order valence-electron chi connectivity index (χ0n) is 9.09. The van der Waals surface area contributed by atoms with Crippen molar-refractivity contribution in [3.63, 3.8) is 0 Å². The molecule has 1 aliphatic heterocycles. The number of ether oxygens (including phenoxy) is 1. The third kappa shape index (κ3) is 1.76. The molecule has 0 bridgehead atoms. The highest BCUT2D eigenvalue weighted by molar-refractivity contribution is 5.71. The molecule has 1 nitrogen and oxygen atoms in total. The lowest BCUT2D eigenvalue weighted by atomic mass is 9.89. The maximum absolute atomic E-state index is 13.6. The van der Waals surface area contributed by atoms with Crippen LogP contribution in [0.4, 0.5) is 4.39 Å². The topological polar surface area (TPSA) is 9.23 Å². The number of hydrogen-bond acceptors (Lipinski definition) is 1. The van der Waals surface area contributed by atoms with E-state index in [1.165, 1.54) is 0 Å². The summed E-state index contributed by atoms with van der Waals surface area (Å²) in [7, 11) is 0. The summed E-state index contributed by atoms with van der Waals surface area (Å²) in [6.45, 7) is 4.44. The van der Waals surface area contributed by atoms with Gasteiger partial charge in [-0.3, -0.25) is 0 Å². The monoisotopic (exact) mass is 206 g/mol. The van der Waals surface area contributed by atoms with Crippen molar-refractivity contribution in [3.8, 4) is 0 Å². The highest BCUT2D eigenvalue weighted by Gasteiger charge is 2.23. The van der Waals surface area contributed by atoms with Gasteiger partial charge in [0.15, 0.2) is 0 Å². The van der Waals surface area contributed by atoms with Gasteiger partial charge in [0, 0.05) is 5.57 Å². The van der Waals surface area contributed by atoms with Gasteiger partial charge in [-0.15, -0.1) is 0 Å². The van der Waals surface area contributed by atoms with Crippen molar-refractivity contribution in [2.45, 2.75) is 26.9 Å². The van der Waals surface area contributed by atoms with Crippen LogP contribution in [0.25, 0.3) is 5.57 Å². The molecule has 0 aliphatic carbocycles. The van der Waals surface area contributed by atoms with Gasteiger partial charge < -0.3 is 4.74 Å². The molecule has 0 aromatic heterocycles. The number of hydrogen-bond donors (Lipinski definition) is 0. The van der Waals surface area contributed by atoms with Gasteiger partial charge in [0.25, 0.3) is 6.01 Å². The standard InChI is InChI=1S/C13H15FO/c1-3-9(2)12-11-7-5-4-6-10(11)8-15-13(12)14/h4-7,9H,3,8H2,1-2H3. The predicted octanol–water partition coefficient (Wildman–Crippen LogP) is 3.90. The van der Waals surface area contributed by atoms with Crippen LogP contribution in [0.2, 0.25) is 0 Å². The first-order valence-electron chi connectivity index (χ1n) is 5.34. The third-order valence-electron chi connectivity index (χ3n) is 2.98. The van der Waals surface area contributed by atoms with Crippen LogP contribution in [0, 0.1) is 5.92 Å². The summed E-state index contributed by atoms with van der Waals surface area (Å²) < 4.78 is 18.7. The maximum atomic E-state index is 13.6. The van der Waals surface area contributed by atoms with Crippen molar-refractivity contribution in [2.75, 3.05) is 0 Å². The molecule has 0 radical (unpaired) electrons. The summed E-state index contributed by atoms with van der Waals surface area (Å²) in [5, 5.41) is 0. The molecule has 1 unspecified atom stereocenters. The highest BCUT2D eigenvalue weighted by atomic mass is 19.1. The molecule has 1 aromatic rings. The first-order chi connectivity index (χ1) is 7.24. The van der Waals surface area contributed by atoms with E-state index in [1.807, 2.05) is 31.2 Å². The van der Waals surface area contributed by atoms with Crippen LogP contribution in [-0.4, -0.2) is 0 Å². The molecule has 1 aromatic carbocycles. The minimum Gasteiger partial charge on any atom is -0.466 e. The van der Waals surface area contributed by atoms with Crippen molar-refractivity contribution in [1.82, 2.24) is 0 Å².